The summed E-state index contributed by atoms with van der Waals surface area (Å²) in [6.45, 7) is 2.18. The number of nitrogens with zero attached hydrogens (tertiary/aromatic N) is 1. The van der Waals surface area contributed by atoms with Crippen LogP contribution in [0.4, 0.5) is 0 Å². The number of rotatable bonds is 8. The topological polar surface area (TPSA) is 48.4 Å². The summed E-state index contributed by atoms with van der Waals surface area (Å²) < 4.78 is 12.1. The highest BCUT2D eigenvalue weighted by atomic mass is 79.9. The largest absolute Gasteiger partial charge is 0.466 e. The first-order valence-corrected chi connectivity index (χ1v) is 10.7. The number of esters is 1. The Morgan fingerprint density at radius 3 is 2.79 bits per heavy atom. The van der Waals surface area contributed by atoms with Gasteiger partial charge < -0.3 is 9.47 Å². The van der Waals surface area contributed by atoms with Crippen molar-refractivity contribution in [3.63, 3.8) is 0 Å². The van der Waals surface area contributed by atoms with E-state index in [1.54, 1.807) is 24.9 Å². The highest BCUT2D eigenvalue weighted by Crippen LogP contribution is 2.32. The first kappa shape index (κ1) is 20.4. The van der Waals surface area contributed by atoms with Crippen LogP contribution in [0.2, 0.25) is 0 Å². The van der Waals surface area contributed by atoms with Gasteiger partial charge in [-0.15, -0.1) is 11.8 Å². The SMILES string of the molecule is CCOC(=O)Cc1cccc(Oc2ccc(Br)cc2CSc2ccccn2)c1. The van der Waals surface area contributed by atoms with Crippen LogP contribution in [0.15, 0.2) is 76.4 Å². The Hall–Kier alpha value is -2.31. The van der Waals surface area contributed by atoms with Crippen LogP contribution in [-0.4, -0.2) is 17.6 Å². The summed E-state index contributed by atoms with van der Waals surface area (Å²) in [5.41, 5.74) is 1.92. The van der Waals surface area contributed by atoms with Crippen LogP contribution in [0, 0.1) is 0 Å². The second-order valence-corrected chi connectivity index (χ2v) is 7.85. The van der Waals surface area contributed by atoms with Gasteiger partial charge in [-0.25, -0.2) is 4.98 Å². The zero-order valence-corrected chi connectivity index (χ0v) is 17.8. The summed E-state index contributed by atoms with van der Waals surface area (Å²) in [6, 6.07) is 19.3. The molecule has 144 valence electrons. The lowest BCUT2D eigenvalue weighted by Gasteiger charge is -2.12. The lowest BCUT2D eigenvalue weighted by Crippen LogP contribution is -2.07. The molecular formula is C22H20BrNO3S. The molecule has 28 heavy (non-hydrogen) atoms. The second-order valence-electron chi connectivity index (χ2n) is 5.94. The molecular weight excluding hydrogens is 438 g/mol. The molecule has 0 saturated carbocycles. The molecule has 3 rings (SSSR count). The molecule has 6 heteroatoms. The van der Waals surface area contributed by atoms with Crippen molar-refractivity contribution in [2.24, 2.45) is 0 Å². The minimum atomic E-state index is -0.240. The third-order valence-corrected chi connectivity index (χ3v) is 5.30. The van der Waals surface area contributed by atoms with E-state index in [4.69, 9.17) is 9.47 Å². The van der Waals surface area contributed by atoms with E-state index >= 15 is 0 Å². The molecule has 0 aliphatic carbocycles. The number of ether oxygens (including phenoxy) is 2. The normalized spacial score (nSPS) is 10.5. The fourth-order valence-electron chi connectivity index (χ4n) is 2.57. The summed E-state index contributed by atoms with van der Waals surface area (Å²) in [5.74, 6) is 1.96. The van der Waals surface area contributed by atoms with Gasteiger partial charge in [-0.3, -0.25) is 4.79 Å². The van der Waals surface area contributed by atoms with Gasteiger partial charge in [0, 0.05) is 22.0 Å². The van der Waals surface area contributed by atoms with Crippen molar-refractivity contribution in [3.8, 4) is 11.5 Å². The lowest BCUT2D eigenvalue weighted by atomic mass is 10.1. The van der Waals surface area contributed by atoms with Gasteiger partial charge in [-0.2, -0.15) is 0 Å². The van der Waals surface area contributed by atoms with E-state index in [9.17, 15) is 4.79 Å². The first-order valence-electron chi connectivity index (χ1n) is 8.88. The van der Waals surface area contributed by atoms with E-state index in [1.165, 1.54) is 0 Å². The number of hydrogen-bond acceptors (Lipinski definition) is 5. The van der Waals surface area contributed by atoms with Crippen LogP contribution in [0.1, 0.15) is 18.1 Å². The lowest BCUT2D eigenvalue weighted by molar-refractivity contribution is -0.142. The van der Waals surface area contributed by atoms with E-state index < -0.39 is 0 Å². The fourth-order valence-corrected chi connectivity index (χ4v) is 3.82. The van der Waals surface area contributed by atoms with Gasteiger partial charge in [0.05, 0.1) is 18.1 Å². The Balaban J connectivity index is 1.74. The summed E-state index contributed by atoms with van der Waals surface area (Å²) >= 11 is 5.18. The van der Waals surface area contributed by atoms with Crippen molar-refractivity contribution >= 4 is 33.7 Å². The summed E-state index contributed by atoms with van der Waals surface area (Å²) in [4.78, 5) is 16.1. The van der Waals surface area contributed by atoms with Crippen LogP contribution in [-0.2, 0) is 21.7 Å². The average Bonchev–Trinajstić information content (AvgIpc) is 2.69. The Kier molecular flexibility index (Phi) is 7.51. The van der Waals surface area contributed by atoms with E-state index in [0.717, 1.165) is 32.1 Å². The number of pyridine rings is 1. The molecule has 0 radical (unpaired) electrons. The third-order valence-electron chi connectivity index (χ3n) is 3.82. The standard InChI is InChI=1S/C22H20BrNO3S/c1-2-26-22(25)13-16-6-5-7-19(12-16)27-20-10-9-18(23)14-17(20)15-28-21-8-3-4-11-24-21/h3-12,14H,2,13,15H2,1H3. The minimum absolute atomic E-state index is 0.230. The molecule has 0 atom stereocenters. The molecule has 0 bridgehead atoms. The second kappa shape index (κ2) is 10.3. The van der Waals surface area contributed by atoms with Crippen molar-refractivity contribution in [3.05, 3.63) is 82.5 Å². The number of benzene rings is 2. The predicted octanol–water partition coefficient (Wildman–Crippen LogP) is 6.03. The zero-order valence-electron chi connectivity index (χ0n) is 15.4. The molecule has 0 spiro atoms. The van der Waals surface area contributed by atoms with Gasteiger partial charge in [0.2, 0.25) is 0 Å². The van der Waals surface area contributed by atoms with E-state index in [1.807, 2.05) is 60.7 Å². The summed E-state index contributed by atoms with van der Waals surface area (Å²) in [5, 5.41) is 0.963. The Morgan fingerprint density at radius 1 is 1.11 bits per heavy atom. The predicted molar refractivity (Wildman–Crippen MR) is 115 cm³/mol. The van der Waals surface area contributed by atoms with Gasteiger partial charge in [0.15, 0.2) is 0 Å². The maximum Gasteiger partial charge on any atom is 0.310 e. The van der Waals surface area contributed by atoms with Crippen LogP contribution in [0.25, 0.3) is 0 Å². The summed E-state index contributed by atoms with van der Waals surface area (Å²) in [6.07, 6.45) is 2.02. The zero-order chi connectivity index (χ0) is 19.8. The highest BCUT2D eigenvalue weighted by Gasteiger charge is 2.09. The Labute approximate surface area is 177 Å². The molecule has 1 heterocycles. The monoisotopic (exact) mass is 457 g/mol. The molecule has 0 saturated heterocycles. The molecule has 0 aliphatic rings. The van der Waals surface area contributed by atoms with Crippen LogP contribution in [0.5, 0.6) is 11.5 Å². The number of hydrogen-bond donors (Lipinski definition) is 0. The molecule has 0 N–H and O–H groups in total. The van der Waals surface area contributed by atoms with Crippen molar-refractivity contribution in [1.82, 2.24) is 4.98 Å². The maximum atomic E-state index is 11.7. The van der Waals surface area contributed by atoms with Gasteiger partial charge >= 0.3 is 5.97 Å². The van der Waals surface area contributed by atoms with Gasteiger partial charge in [0.1, 0.15) is 11.5 Å². The molecule has 2 aromatic carbocycles. The molecule has 4 nitrogen and oxygen atoms in total. The third kappa shape index (κ3) is 6.11. The fraction of sp³-hybridized carbons (Fsp3) is 0.182. The number of halogens is 1. The van der Waals surface area contributed by atoms with Gasteiger partial charge in [-0.05, 0) is 55.0 Å². The molecule has 0 amide bonds. The molecule has 0 aliphatic heterocycles. The average molecular weight is 458 g/mol. The highest BCUT2D eigenvalue weighted by molar-refractivity contribution is 9.10. The van der Waals surface area contributed by atoms with Crippen molar-refractivity contribution in [2.75, 3.05) is 6.61 Å². The molecule has 3 aromatic rings. The maximum absolute atomic E-state index is 11.7. The van der Waals surface area contributed by atoms with E-state index in [2.05, 4.69) is 20.9 Å². The summed E-state index contributed by atoms with van der Waals surface area (Å²) in [7, 11) is 0. The van der Waals surface area contributed by atoms with Crippen molar-refractivity contribution in [1.29, 1.82) is 0 Å². The quantitative estimate of drug-likeness (QED) is 0.305. The van der Waals surface area contributed by atoms with Gasteiger partial charge in [-0.1, -0.05) is 34.1 Å². The van der Waals surface area contributed by atoms with E-state index in [-0.39, 0.29) is 12.4 Å². The Morgan fingerprint density at radius 2 is 2.00 bits per heavy atom. The van der Waals surface area contributed by atoms with E-state index in [0.29, 0.717) is 12.4 Å². The molecule has 0 fully saturated rings. The minimum Gasteiger partial charge on any atom is -0.466 e. The number of carbonyl (C=O) groups excluding carboxylic acids is 1. The number of aromatic nitrogens is 1. The number of carbonyl (C=O) groups is 1. The molecule has 1 aromatic heterocycles. The van der Waals surface area contributed by atoms with Crippen LogP contribution >= 0.6 is 27.7 Å². The smallest absolute Gasteiger partial charge is 0.310 e. The van der Waals surface area contributed by atoms with Crippen molar-refractivity contribution < 1.29 is 14.3 Å². The van der Waals surface area contributed by atoms with Crippen LogP contribution < -0.4 is 4.74 Å². The van der Waals surface area contributed by atoms with Crippen LogP contribution in [0.3, 0.4) is 0 Å². The molecule has 0 unspecified atom stereocenters. The first-order chi connectivity index (χ1) is 13.6. The number of thioether (sulfide) groups is 1. The Bertz CT molecular complexity index is 934. The van der Waals surface area contributed by atoms with Gasteiger partial charge in [0.25, 0.3) is 0 Å². The van der Waals surface area contributed by atoms with Crippen molar-refractivity contribution in [2.45, 2.75) is 24.1 Å².